The van der Waals surface area contributed by atoms with Gasteiger partial charge < -0.3 is 4.74 Å². The van der Waals surface area contributed by atoms with Crippen molar-refractivity contribution < 1.29 is 9.13 Å². The minimum Gasteiger partial charge on any atom is -0.491 e. The van der Waals surface area contributed by atoms with Gasteiger partial charge in [-0.1, -0.05) is 28.1 Å². The van der Waals surface area contributed by atoms with E-state index in [0.29, 0.717) is 4.47 Å². The van der Waals surface area contributed by atoms with E-state index in [-0.39, 0.29) is 18.0 Å². The highest BCUT2D eigenvalue weighted by atomic mass is 79.9. The zero-order chi connectivity index (χ0) is 15.4. The number of nitrogens with two attached hydrogens (primary N) is 1. The van der Waals surface area contributed by atoms with Crippen LogP contribution in [-0.4, -0.2) is 6.10 Å². The van der Waals surface area contributed by atoms with Crippen molar-refractivity contribution in [1.29, 1.82) is 0 Å². The van der Waals surface area contributed by atoms with Gasteiger partial charge in [0.2, 0.25) is 0 Å². The molecule has 0 saturated heterocycles. The van der Waals surface area contributed by atoms with Gasteiger partial charge in [-0.2, -0.15) is 0 Å². The molecule has 5 heteroatoms. The number of hydrazine groups is 1. The van der Waals surface area contributed by atoms with Crippen LogP contribution in [0.25, 0.3) is 0 Å². The first kappa shape index (κ1) is 15.9. The zero-order valence-electron chi connectivity index (χ0n) is 11.9. The standard InChI is InChI=1S/C16H18BrFN2O/c1-10(2)21-15-5-3-11(4-6-15)16(20-19)12-7-13(17)9-14(18)8-12/h3-10,16,20H,19H2,1-2H3. The molecule has 3 nitrogen and oxygen atoms in total. The van der Waals surface area contributed by atoms with Gasteiger partial charge in [0, 0.05) is 4.47 Å². The molecule has 3 N–H and O–H groups in total. The summed E-state index contributed by atoms with van der Waals surface area (Å²) in [7, 11) is 0. The largest absolute Gasteiger partial charge is 0.491 e. The van der Waals surface area contributed by atoms with Gasteiger partial charge in [0.25, 0.3) is 0 Å². The number of ether oxygens (including phenoxy) is 1. The fourth-order valence-corrected chi connectivity index (χ4v) is 2.62. The van der Waals surface area contributed by atoms with E-state index in [0.717, 1.165) is 16.9 Å². The summed E-state index contributed by atoms with van der Waals surface area (Å²) in [5, 5.41) is 0. The Kier molecular flexibility index (Phi) is 5.33. The Hall–Kier alpha value is -1.43. The van der Waals surface area contributed by atoms with Crippen LogP contribution in [0.4, 0.5) is 4.39 Å². The lowest BCUT2D eigenvalue weighted by Crippen LogP contribution is -2.28. The van der Waals surface area contributed by atoms with Crippen molar-refractivity contribution in [2.24, 2.45) is 5.84 Å². The minimum absolute atomic E-state index is 0.124. The summed E-state index contributed by atoms with van der Waals surface area (Å²) >= 11 is 3.29. The maximum atomic E-state index is 13.5. The molecule has 2 aromatic carbocycles. The van der Waals surface area contributed by atoms with Crippen LogP contribution < -0.4 is 16.0 Å². The molecule has 1 atom stereocenters. The van der Waals surface area contributed by atoms with E-state index in [1.165, 1.54) is 12.1 Å². The molecule has 0 aliphatic rings. The van der Waals surface area contributed by atoms with Gasteiger partial charge in [0.1, 0.15) is 11.6 Å². The highest BCUT2D eigenvalue weighted by molar-refractivity contribution is 9.10. The second-order valence-electron chi connectivity index (χ2n) is 5.04. The van der Waals surface area contributed by atoms with Crippen molar-refractivity contribution in [3.63, 3.8) is 0 Å². The first-order chi connectivity index (χ1) is 9.99. The van der Waals surface area contributed by atoms with Gasteiger partial charge in [-0.3, -0.25) is 5.84 Å². The number of benzene rings is 2. The molecule has 0 fully saturated rings. The molecular weight excluding hydrogens is 335 g/mol. The molecule has 1 unspecified atom stereocenters. The SMILES string of the molecule is CC(C)Oc1ccc(C(NN)c2cc(F)cc(Br)c2)cc1. The summed E-state index contributed by atoms with van der Waals surface area (Å²) in [5.41, 5.74) is 4.41. The van der Waals surface area contributed by atoms with E-state index in [9.17, 15) is 4.39 Å². The first-order valence-electron chi connectivity index (χ1n) is 6.68. The lowest BCUT2D eigenvalue weighted by atomic mass is 9.99. The van der Waals surface area contributed by atoms with Gasteiger partial charge >= 0.3 is 0 Å². The number of hydrogen-bond acceptors (Lipinski definition) is 3. The van der Waals surface area contributed by atoms with Crippen molar-refractivity contribution in [3.8, 4) is 5.75 Å². The molecule has 0 spiro atoms. The smallest absolute Gasteiger partial charge is 0.124 e. The lowest BCUT2D eigenvalue weighted by molar-refractivity contribution is 0.242. The van der Waals surface area contributed by atoms with Gasteiger partial charge in [-0.05, 0) is 55.3 Å². The fraction of sp³-hybridized carbons (Fsp3) is 0.250. The molecule has 0 amide bonds. The second-order valence-corrected chi connectivity index (χ2v) is 5.95. The van der Waals surface area contributed by atoms with Crippen molar-refractivity contribution in [1.82, 2.24) is 5.43 Å². The zero-order valence-corrected chi connectivity index (χ0v) is 13.5. The van der Waals surface area contributed by atoms with Crippen LogP contribution in [0.3, 0.4) is 0 Å². The average molecular weight is 353 g/mol. The Morgan fingerprint density at radius 3 is 2.29 bits per heavy atom. The number of halogens is 2. The molecular formula is C16H18BrFN2O. The predicted molar refractivity (Wildman–Crippen MR) is 85.5 cm³/mol. The van der Waals surface area contributed by atoms with Crippen LogP contribution in [0.15, 0.2) is 46.9 Å². The van der Waals surface area contributed by atoms with Gasteiger partial charge in [-0.15, -0.1) is 0 Å². The Balaban J connectivity index is 2.28. The molecule has 0 bridgehead atoms. The van der Waals surface area contributed by atoms with E-state index in [1.54, 1.807) is 0 Å². The highest BCUT2D eigenvalue weighted by Gasteiger charge is 2.14. The lowest BCUT2D eigenvalue weighted by Gasteiger charge is -2.18. The molecule has 0 aliphatic heterocycles. The summed E-state index contributed by atoms with van der Waals surface area (Å²) in [6.07, 6.45) is 0.124. The number of hydrogen-bond donors (Lipinski definition) is 2. The maximum absolute atomic E-state index is 13.5. The summed E-state index contributed by atoms with van der Waals surface area (Å²) in [6, 6.07) is 12.0. The molecule has 0 aliphatic carbocycles. The van der Waals surface area contributed by atoms with Crippen LogP contribution in [0.1, 0.15) is 31.0 Å². The Labute approximate surface area is 132 Å². The maximum Gasteiger partial charge on any atom is 0.124 e. The molecule has 0 saturated carbocycles. The Morgan fingerprint density at radius 2 is 1.76 bits per heavy atom. The molecule has 21 heavy (non-hydrogen) atoms. The molecule has 2 rings (SSSR count). The molecule has 112 valence electrons. The van der Waals surface area contributed by atoms with E-state index in [4.69, 9.17) is 10.6 Å². The third kappa shape index (κ3) is 4.27. The fourth-order valence-electron chi connectivity index (χ4n) is 2.14. The molecule has 2 aromatic rings. The molecule has 0 radical (unpaired) electrons. The normalized spacial score (nSPS) is 12.5. The van der Waals surface area contributed by atoms with Crippen molar-refractivity contribution in [3.05, 3.63) is 63.9 Å². The van der Waals surface area contributed by atoms with E-state index in [2.05, 4.69) is 21.4 Å². The summed E-state index contributed by atoms with van der Waals surface area (Å²) in [5.74, 6) is 6.13. The van der Waals surface area contributed by atoms with Crippen molar-refractivity contribution in [2.45, 2.75) is 26.0 Å². The average Bonchev–Trinajstić information content (AvgIpc) is 2.40. The van der Waals surface area contributed by atoms with Gasteiger partial charge in [0.05, 0.1) is 12.1 Å². The topological polar surface area (TPSA) is 47.3 Å². The van der Waals surface area contributed by atoms with E-state index >= 15 is 0 Å². The van der Waals surface area contributed by atoms with Crippen molar-refractivity contribution in [2.75, 3.05) is 0 Å². The van der Waals surface area contributed by atoms with E-state index < -0.39 is 0 Å². The number of rotatable bonds is 5. The van der Waals surface area contributed by atoms with Gasteiger partial charge in [-0.25, -0.2) is 9.82 Å². The number of nitrogens with one attached hydrogen (secondary N) is 1. The predicted octanol–water partition coefficient (Wildman–Crippen LogP) is 3.93. The third-order valence-corrected chi connectivity index (χ3v) is 3.43. The highest BCUT2D eigenvalue weighted by Crippen LogP contribution is 2.26. The van der Waals surface area contributed by atoms with Crippen molar-refractivity contribution >= 4 is 15.9 Å². The van der Waals surface area contributed by atoms with Crippen LogP contribution in [0.2, 0.25) is 0 Å². The third-order valence-electron chi connectivity index (χ3n) is 2.97. The van der Waals surface area contributed by atoms with Crippen LogP contribution >= 0.6 is 15.9 Å². The van der Waals surface area contributed by atoms with Crippen LogP contribution in [0, 0.1) is 5.82 Å². The first-order valence-corrected chi connectivity index (χ1v) is 7.47. The Bertz CT molecular complexity index is 581. The minimum atomic E-state index is -0.306. The summed E-state index contributed by atoms with van der Waals surface area (Å²) in [4.78, 5) is 0. The Morgan fingerprint density at radius 1 is 1.10 bits per heavy atom. The second kappa shape index (κ2) is 7.02. The molecule has 0 aromatic heterocycles. The molecule has 0 heterocycles. The van der Waals surface area contributed by atoms with Crippen LogP contribution in [-0.2, 0) is 0 Å². The summed E-state index contributed by atoms with van der Waals surface area (Å²) in [6.45, 7) is 3.95. The summed E-state index contributed by atoms with van der Waals surface area (Å²) < 4.78 is 19.8. The van der Waals surface area contributed by atoms with E-state index in [1.807, 2.05) is 44.2 Å². The quantitative estimate of drug-likeness (QED) is 0.633. The van der Waals surface area contributed by atoms with Gasteiger partial charge in [0.15, 0.2) is 0 Å². The van der Waals surface area contributed by atoms with Crippen LogP contribution in [0.5, 0.6) is 5.75 Å². The monoisotopic (exact) mass is 352 g/mol.